The van der Waals surface area contributed by atoms with Crippen molar-refractivity contribution in [1.82, 2.24) is 0 Å². The molecule has 4 aliphatic rings. The summed E-state index contributed by atoms with van der Waals surface area (Å²) < 4.78 is 17.0. The zero-order valence-corrected chi connectivity index (χ0v) is 13.4. The van der Waals surface area contributed by atoms with Crippen LogP contribution in [-0.4, -0.2) is 37.4 Å². The number of carbonyl (C=O) groups excluding carboxylic acids is 2. The lowest BCUT2D eigenvalue weighted by Gasteiger charge is -2.36. The summed E-state index contributed by atoms with van der Waals surface area (Å²) in [5.74, 6) is -1.37. The minimum atomic E-state index is -0.582. The molecule has 4 fully saturated rings. The first-order chi connectivity index (χ1) is 10.5. The Morgan fingerprint density at radius 3 is 2.73 bits per heavy atom. The van der Waals surface area contributed by atoms with Crippen LogP contribution in [-0.2, 0) is 23.8 Å². The van der Waals surface area contributed by atoms with Gasteiger partial charge in [-0.1, -0.05) is 6.92 Å². The van der Waals surface area contributed by atoms with Crippen molar-refractivity contribution in [2.75, 3.05) is 19.8 Å². The van der Waals surface area contributed by atoms with Crippen LogP contribution in [0.4, 0.5) is 0 Å². The average Bonchev–Trinajstić information content (AvgIpc) is 3.13. The van der Waals surface area contributed by atoms with Crippen molar-refractivity contribution in [3.8, 4) is 0 Å². The lowest BCUT2D eigenvalue weighted by Crippen LogP contribution is -2.33. The number of ketones is 1. The second-order valence-electron chi connectivity index (χ2n) is 7.68. The number of hydrogen-bond acceptors (Lipinski definition) is 5. The zero-order valence-electron chi connectivity index (χ0n) is 13.4. The van der Waals surface area contributed by atoms with Gasteiger partial charge in [0.25, 0.3) is 0 Å². The van der Waals surface area contributed by atoms with Crippen molar-refractivity contribution in [3.05, 3.63) is 0 Å². The van der Waals surface area contributed by atoms with E-state index in [0.717, 1.165) is 25.7 Å². The summed E-state index contributed by atoms with van der Waals surface area (Å²) in [6.07, 6.45) is 4.12. The minimum Gasteiger partial charge on any atom is -0.465 e. The number of carbonyl (C=O) groups is 2. The SMILES string of the molecule is CCOC(=O)C1CC23CC4(C[C@]2(C)CC[C@H]3C1=O)OCCO4. The molecule has 2 spiro atoms. The number of rotatable bonds is 2. The Kier molecular flexibility index (Phi) is 3.02. The van der Waals surface area contributed by atoms with Crippen LogP contribution in [0.3, 0.4) is 0 Å². The molecule has 5 heteroatoms. The van der Waals surface area contributed by atoms with Crippen molar-refractivity contribution < 1.29 is 23.8 Å². The molecule has 4 atom stereocenters. The smallest absolute Gasteiger partial charge is 0.316 e. The normalized spacial score (nSPS) is 45.3. The first-order valence-corrected chi connectivity index (χ1v) is 8.44. The van der Waals surface area contributed by atoms with E-state index in [0.29, 0.717) is 26.2 Å². The number of ether oxygens (including phenoxy) is 3. The highest BCUT2D eigenvalue weighted by molar-refractivity contribution is 6.02. The molecular formula is C17H24O5. The Morgan fingerprint density at radius 2 is 2.05 bits per heavy atom. The fourth-order valence-electron chi connectivity index (χ4n) is 5.87. The first-order valence-electron chi connectivity index (χ1n) is 8.44. The first kappa shape index (κ1) is 14.6. The lowest BCUT2D eigenvalue weighted by atomic mass is 9.66. The molecule has 1 saturated heterocycles. The number of esters is 1. The summed E-state index contributed by atoms with van der Waals surface area (Å²) in [6.45, 7) is 5.63. The molecule has 0 aromatic carbocycles. The number of Topliss-reactive ketones (excluding diaryl/α,β-unsaturated/α-hetero) is 1. The molecule has 122 valence electrons. The third-order valence-electron chi connectivity index (χ3n) is 6.74. The van der Waals surface area contributed by atoms with Crippen molar-refractivity contribution in [2.45, 2.75) is 51.7 Å². The Hall–Kier alpha value is -0.940. The predicted molar refractivity (Wildman–Crippen MR) is 76.9 cm³/mol. The van der Waals surface area contributed by atoms with Gasteiger partial charge in [-0.15, -0.1) is 0 Å². The Labute approximate surface area is 130 Å². The molecule has 3 aliphatic carbocycles. The van der Waals surface area contributed by atoms with Gasteiger partial charge in [0.05, 0.1) is 19.8 Å². The predicted octanol–water partition coefficient (Wildman–Crippen LogP) is 2.08. The van der Waals surface area contributed by atoms with E-state index in [4.69, 9.17) is 14.2 Å². The van der Waals surface area contributed by atoms with Gasteiger partial charge in [-0.05, 0) is 37.0 Å². The van der Waals surface area contributed by atoms with Gasteiger partial charge >= 0.3 is 5.97 Å². The van der Waals surface area contributed by atoms with Crippen molar-refractivity contribution in [3.63, 3.8) is 0 Å². The second-order valence-corrected chi connectivity index (χ2v) is 7.68. The van der Waals surface area contributed by atoms with E-state index in [-0.39, 0.29) is 28.5 Å². The zero-order chi connectivity index (χ0) is 15.6. The molecule has 22 heavy (non-hydrogen) atoms. The van der Waals surface area contributed by atoms with Crippen LogP contribution in [0.2, 0.25) is 0 Å². The highest BCUT2D eigenvalue weighted by atomic mass is 16.7. The van der Waals surface area contributed by atoms with E-state index in [2.05, 4.69) is 6.92 Å². The van der Waals surface area contributed by atoms with Gasteiger partial charge in [-0.3, -0.25) is 9.59 Å². The maximum absolute atomic E-state index is 12.8. The maximum Gasteiger partial charge on any atom is 0.316 e. The maximum atomic E-state index is 12.8. The van der Waals surface area contributed by atoms with Gasteiger partial charge < -0.3 is 14.2 Å². The van der Waals surface area contributed by atoms with Crippen LogP contribution in [0.1, 0.15) is 46.0 Å². The molecule has 1 heterocycles. The van der Waals surface area contributed by atoms with Crippen LogP contribution in [0.25, 0.3) is 0 Å². The van der Waals surface area contributed by atoms with Crippen LogP contribution < -0.4 is 0 Å². The minimum absolute atomic E-state index is 0.0267. The summed E-state index contributed by atoms with van der Waals surface area (Å²) in [6, 6.07) is 0. The molecule has 0 aromatic rings. The van der Waals surface area contributed by atoms with Gasteiger partial charge in [-0.25, -0.2) is 0 Å². The van der Waals surface area contributed by atoms with Crippen molar-refractivity contribution >= 4 is 11.8 Å². The molecular weight excluding hydrogens is 284 g/mol. The molecule has 0 amide bonds. The molecule has 5 nitrogen and oxygen atoms in total. The highest BCUT2D eigenvalue weighted by Gasteiger charge is 2.73. The van der Waals surface area contributed by atoms with Crippen LogP contribution in [0.15, 0.2) is 0 Å². The van der Waals surface area contributed by atoms with Crippen LogP contribution in [0, 0.1) is 22.7 Å². The van der Waals surface area contributed by atoms with E-state index in [1.807, 2.05) is 0 Å². The highest BCUT2D eigenvalue weighted by Crippen LogP contribution is 2.74. The molecule has 3 saturated carbocycles. The lowest BCUT2D eigenvalue weighted by molar-refractivity contribution is -0.161. The van der Waals surface area contributed by atoms with Crippen molar-refractivity contribution in [2.24, 2.45) is 22.7 Å². The number of hydrogen-bond donors (Lipinski definition) is 0. The van der Waals surface area contributed by atoms with E-state index in [1.165, 1.54) is 0 Å². The summed E-state index contributed by atoms with van der Waals surface area (Å²) in [5, 5.41) is 0. The van der Waals surface area contributed by atoms with Gasteiger partial charge in [0.2, 0.25) is 0 Å². The Bertz CT molecular complexity index is 523. The molecule has 4 rings (SSSR count). The van der Waals surface area contributed by atoms with Gasteiger partial charge in [0, 0.05) is 18.8 Å². The van der Waals surface area contributed by atoms with Crippen LogP contribution in [0.5, 0.6) is 0 Å². The van der Waals surface area contributed by atoms with Gasteiger partial charge in [0.15, 0.2) is 11.6 Å². The Morgan fingerprint density at radius 1 is 1.32 bits per heavy atom. The molecule has 0 N–H and O–H groups in total. The summed E-state index contributed by atoms with van der Waals surface area (Å²) in [7, 11) is 0. The topological polar surface area (TPSA) is 61.8 Å². The molecule has 0 bridgehead atoms. The molecule has 1 aliphatic heterocycles. The van der Waals surface area contributed by atoms with E-state index in [9.17, 15) is 9.59 Å². The fraction of sp³-hybridized carbons (Fsp3) is 0.882. The van der Waals surface area contributed by atoms with Crippen molar-refractivity contribution in [1.29, 1.82) is 0 Å². The molecule has 0 aromatic heterocycles. The van der Waals surface area contributed by atoms with Gasteiger partial charge in [-0.2, -0.15) is 0 Å². The third kappa shape index (κ3) is 1.67. The summed E-state index contributed by atoms with van der Waals surface area (Å²) in [4.78, 5) is 25.0. The summed E-state index contributed by atoms with van der Waals surface area (Å²) >= 11 is 0. The fourth-order valence-corrected chi connectivity index (χ4v) is 5.87. The standard InChI is InChI=1S/C17H24O5/c1-3-20-14(19)11-8-16-10-17(21-6-7-22-17)9-15(16,2)5-4-12(16)13(11)18/h11-12H,3-10H2,1-2H3/t11?,12-,15-,16?/m0/s1. The molecule has 0 radical (unpaired) electrons. The molecule has 2 unspecified atom stereocenters. The Balaban J connectivity index is 1.68. The second kappa shape index (κ2) is 4.54. The largest absolute Gasteiger partial charge is 0.465 e. The van der Waals surface area contributed by atoms with E-state index in [1.54, 1.807) is 6.92 Å². The third-order valence-corrected chi connectivity index (χ3v) is 6.74. The monoisotopic (exact) mass is 308 g/mol. The average molecular weight is 308 g/mol. The van der Waals surface area contributed by atoms with Gasteiger partial charge in [0.1, 0.15) is 5.92 Å². The van der Waals surface area contributed by atoms with Crippen LogP contribution >= 0.6 is 0 Å². The van der Waals surface area contributed by atoms with E-state index < -0.39 is 11.7 Å². The summed E-state index contributed by atoms with van der Waals surface area (Å²) in [5.41, 5.74) is -0.120. The quantitative estimate of drug-likeness (QED) is 0.577. The van der Waals surface area contributed by atoms with E-state index >= 15 is 0 Å².